The molecule has 2 rings (SSSR count). The van der Waals surface area contributed by atoms with Gasteiger partial charge < -0.3 is 10.1 Å². The van der Waals surface area contributed by atoms with Crippen LogP contribution in [-0.2, 0) is 11.2 Å². The number of carbonyl (C=O) groups is 1. The second-order valence-corrected chi connectivity index (χ2v) is 5.50. The summed E-state index contributed by atoms with van der Waals surface area (Å²) in [6.45, 7) is 4.40. The van der Waals surface area contributed by atoms with Crippen molar-refractivity contribution >= 4 is 5.91 Å². The Balaban J connectivity index is 1.83. The lowest BCUT2D eigenvalue weighted by molar-refractivity contribution is -0.128. The summed E-state index contributed by atoms with van der Waals surface area (Å²) >= 11 is 0. The van der Waals surface area contributed by atoms with E-state index in [9.17, 15) is 9.18 Å². The number of benzene rings is 2. The number of halogens is 1. The van der Waals surface area contributed by atoms with Crippen molar-refractivity contribution in [2.75, 3.05) is 6.54 Å². The highest BCUT2D eigenvalue weighted by molar-refractivity contribution is 5.81. The minimum atomic E-state index is -0.509. The summed E-state index contributed by atoms with van der Waals surface area (Å²) in [6.07, 6.45) is 0.744. The fraction of sp³-hybridized carbons (Fsp3) is 0.316. The molecule has 2 aromatic rings. The van der Waals surface area contributed by atoms with Gasteiger partial charge in [-0.25, -0.2) is 4.39 Å². The van der Waals surface area contributed by atoms with Gasteiger partial charge in [-0.05, 0) is 55.2 Å². The first-order valence-corrected chi connectivity index (χ1v) is 7.84. The smallest absolute Gasteiger partial charge is 0.261 e. The van der Waals surface area contributed by atoms with E-state index in [1.807, 2.05) is 38.1 Å². The predicted octanol–water partition coefficient (Wildman–Crippen LogP) is 3.65. The fourth-order valence-electron chi connectivity index (χ4n) is 2.27. The van der Waals surface area contributed by atoms with Crippen LogP contribution in [0.15, 0.2) is 48.5 Å². The van der Waals surface area contributed by atoms with Crippen molar-refractivity contribution in [3.63, 3.8) is 0 Å². The minimum Gasteiger partial charge on any atom is -0.481 e. The summed E-state index contributed by atoms with van der Waals surface area (Å²) in [5.41, 5.74) is 2.08. The largest absolute Gasteiger partial charge is 0.481 e. The van der Waals surface area contributed by atoms with Crippen LogP contribution in [0.4, 0.5) is 4.39 Å². The second-order valence-electron chi connectivity index (χ2n) is 5.50. The molecule has 0 aromatic heterocycles. The van der Waals surface area contributed by atoms with Crippen molar-refractivity contribution in [3.05, 3.63) is 65.5 Å². The molecular weight excluding hydrogens is 293 g/mol. The molecule has 0 bridgehead atoms. The van der Waals surface area contributed by atoms with Crippen molar-refractivity contribution in [3.8, 4) is 5.75 Å². The number of hydrogen-bond acceptors (Lipinski definition) is 2. The van der Waals surface area contributed by atoms with E-state index >= 15 is 0 Å². The van der Waals surface area contributed by atoms with Crippen LogP contribution >= 0.6 is 0 Å². The molecule has 0 aliphatic heterocycles. The third-order valence-corrected chi connectivity index (χ3v) is 3.56. The molecule has 1 amide bonds. The molecule has 3 nitrogen and oxygen atoms in total. The molecule has 0 saturated heterocycles. The lowest BCUT2D eigenvalue weighted by atomic mass is 10.1. The highest BCUT2D eigenvalue weighted by Crippen LogP contribution is 2.15. The first-order valence-electron chi connectivity index (χ1n) is 7.84. The van der Waals surface area contributed by atoms with Gasteiger partial charge in [-0.15, -0.1) is 0 Å². The van der Waals surface area contributed by atoms with Crippen molar-refractivity contribution in [2.45, 2.75) is 32.8 Å². The highest BCUT2D eigenvalue weighted by atomic mass is 19.1. The van der Waals surface area contributed by atoms with Crippen LogP contribution < -0.4 is 10.1 Å². The summed E-state index contributed by atoms with van der Waals surface area (Å²) in [5, 5.41) is 2.87. The standard InChI is InChI=1S/C19H22FNO2/c1-3-18(23-17-6-4-5-14(2)13-17)19(22)21-12-11-15-7-9-16(20)10-8-15/h4-10,13,18H,3,11-12H2,1-2H3,(H,21,22). The molecule has 1 unspecified atom stereocenters. The molecule has 0 saturated carbocycles. The summed E-state index contributed by atoms with van der Waals surface area (Å²) in [4.78, 5) is 12.2. The lowest BCUT2D eigenvalue weighted by Gasteiger charge is -2.17. The number of ether oxygens (including phenoxy) is 1. The first kappa shape index (κ1) is 17.0. The number of amides is 1. The van der Waals surface area contributed by atoms with Crippen molar-refractivity contribution in [1.29, 1.82) is 0 Å². The average molecular weight is 315 g/mol. The number of hydrogen-bond donors (Lipinski definition) is 1. The van der Waals surface area contributed by atoms with Gasteiger partial charge >= 0.3 is 0 Å². The van der Waals surface area contributed by atoms with Crippen LogP contribution in [0.1, 0.15) is 24.5 Å². The van der Waals surface area contributed by atoms with E-state index in [0.717, 1.165) is 11.1 Å². The molecule has 23 heavy (non-hydrogen) atoms. The zero-order valence-electron chi connectivity index (χ0n) is 13.5. The molecule has 0 heterocycles. The number of rotatable bonds is 7. The summed E-state index contributed by atoms with van der Waals surface area (Å²) in [6, 6.07) is 13.9. The topological polar surface area (TPSA) is 38.3 Å². The molecule has 2 aromatic carbocycles. The molecule has 0 aliphatic rings. The molecule has 4 heteroatoms. The van der Waals surface area contributed by atoms with E-state index < -0.39 is 6.10 Å². The van der Waals surface area contributed by atoms with Gasteiger partial charge in [0.2, 0.25) is 0 Å². The van der Waals surface area contributed by atoms with Crippen LogP contribution in [0.2, 0.25) is 0 Å². The summed E-state index contributed by atoms with van der Waals surface area (Å²) in [7, 11) is 0. The highest BCUT2D eigenvalue weighted by Gasteiger charge is 2.17. The lowest BCUT2D eigenvalue weighted by Crippen LogP contribution is -2.38. The number of nitrogens with one attached hydrogen (secondary N) is 1. The third-order valence-electron chi connectivity index (χ3n) is 3.56. The van der Waals surface area contributed by atoms with Gasteiger partial charge in [-0.2, -0.15) is 0 Å². The fourth-order valence-corrected chi connectivity index (χ4v) is 2.27. The molecule has 0 aliphatic carbocycles. The van der Waals surface area contributed by atoms with Gasteiger partial charge in [0.25, 0.3) is 5.91 Å². The molecule has 122 valence electrons. The number of carbonyl (C=O) groups excluding carboxylic acids is 1. The van der Waals surface area contributed by atoms with Crippen molar-refractivity contribution < 1.29 is 13.9 Å². The second kappa shape index (κ2) is 8.32. The van der Waals surface area contributed by atoms with Gasteiger partial charge in [0.05, 0.1) is 0 Å². The van der Waals surface area contributed by atoms with E-state index in [1.54, 1.807) is 12.1 Å². The Kier molecular flexibility index (Phi) is 6.15. The Morgan fingerprint density at radius 1 is 1.22 bits per heavy atom. The monoisotopic (exact) mass is 315 g/mol. The van der Waals surface area contributed by atoms with E-state index in [2.05, 4.69) is 5.32 Å². The van der Waals surface area contributed by atoms with Gasteiger partial charge in [0, 0.05) is 6.54 Å². The molecule has 0 radical (unpaired) electrons. The maximum atomic E-state index is 12.8. The Morgan fingerprint density at radius 3 is 2.61 bits per heavy atom. The Morgan fingerprint density at radius 2 is 1.96 bits per heavy atom. The van der Waals surface area contributed by atoms with E-state index in [4.69, 9.17) is 4.74 Å². The quantitative estimate of drug-likeness (QED) is 0.847. The van der Waals surface area contributed by atoms with Gasteiger partial charge in [0.1, 0.15) is 11.6 Å². The van der Waals surface area contributed by atoms with Crippen LogP contribution in [0.5, 0.6) is 5.75 Å². The van der Waals surface area contributed by atoms with Gasteiger partial charge in [-0.1, -0.05) is 31.2 Å². The van der Waals surface area contributed by atoms with Crippen LogP contribution in [-0.4, -0.2) is 18.6 Å². The molecular formula is C19H22FNO2. The Hall–Kier alpha value is -2.36. The minimum absolute atomic E-state index is 0.129. The molecule has 0 fully saturated rings. The molecule has 0 spiro atoms. The normalized spacial score (nSPS) is 11.8. The van der Waals surface area contributed by atoms with Crippen molar-refractivity contribution in [2.24, 2.45) is 0 Å². The van der Waals surface area contributed by atoms with Crippen LogP contribution in [0.25, 0.3) is 0 Å². The first-order chi connectivity index (χ1) is 11.1. The van der Waals surface area contributed by atoms with Gasteiger partial charge in [-0.3, -0.25) is 4.79 Å². The maximum Gasteiger partial charge on any atom is 0.261 e. The number of aryl methyl sites for hydroxylation is 1. The Labute approximate surface area is 136 Å². The maximum absolute atomic E-state index is 12.8. The third kappa shape index (κ3) is 5.40. The van der Waals surface area contributed by atoms with E-state index in [1.165, 1.54) is 12.1 Å². The van der Waals surface area contributed by atoms with Crippen LogP contribution in [0.3, 0.4) is 0 Å². The zero-order chi connectivity index (χ0) is 16.7. The van der Waals surface area contributed by atoms with Gasteiger partial charge in [0.15, 0.2) is 6.10 Å². The Bertz CT molecular complexity index is 640. The summed E-state index contributed by atoms with van der Waals surface area (Å²) in [5.74, 6) is 0.317. The van der Waals surface area contributed by atoms with Crippen molar-refractivity contribution in [1.82, 2.24) is 5.32 Å². The SMILES string of the molecule is CCC(Oc1cccc(C)c1)C(=O)NCCc1ccc(F)cc1. The predicted molar refractivity (Wildman–Crippen MR) is 89.0 cm³/mol. The zero-order valence-corrected chi connectivity index (χ0v) is 13.5. The molecule has 1 atom stereocenters. The summed E-state index contributed by atoms with van der Waals surface area (Å²) < 4.78 is 18.6. The van der Waals surface area contributed by atoms with Crippen LogP contribution in [0, 0.1) is 12.7 Å². The molecule has 1 N–H and O–H groups in total. The average Bonchev–Trinajstić information content (AvgIpc) is 2.54. The van der Waals surface area contributed by atoms with E-state index in [0.29, 0.717) is 25.1 Å². The van der Waals surface area contributed by atoms with E-state index in [-0.39, 0.29) is 11.7 Å².